The van der Waals surface area contributed by atoms with Gasteiger partial charge in [-0.15, -0.1) is 0 Å². The molecule has 2 rings (SSSR count). The van der Waals surface area contributed by atoms with Crippen molar-refractivity contribution in [2.75, 3.05) is 20.8 Å². The van der Waals surface area contributed by atoms with Gasteiger partial charge in [0.2, 0.25) is 0 Å². The second kappa shape index (κ2) is 6.55. The first kappa shape index (κ1) is 16.6. The van der Waals surface area contributed by atoms with Gasteiger partial charge in [-0.05, 0) is 38.2 Å². The van der Waals surface area contributed by atoms with Crippen LogP contribution >= 0.6 is 0 Å². The van der Waals surface area contributed by atoms with Crippen molar-refractivity contribution in [1.82, 2.24) is 4.90 Å². The van der Waals surface area contributed by atoms with Crippen LogP contribution in [0.3, 0.4) is 0 Å². The Balaban J connectivity index is 2.29. The van der Waals surface area contributed by atoms with Crippen LogP contribution in [0.5, 0.6) is 11.5 Å². The number of halogens is 1. The van der Waals surface area contributed by atoms with Gasteiger partial charge in [0.15, 0.2) is 11.5 Å². The molecule has 122 valence electrons. The van der Waals surface area contributed by atoms with E-state index in [1.165, 1.54) is 26.4 Å². The van der Waals surface area contributed by atoms with Crippen LogP contribution in [-0.4, -0.2) is 37.6 Å². The van der Waals surface area contributed by atoms with E-state index in [0.29, 0.717) is 24.1 Å². The van der Waals surface area contributed by atoms with Gasteiger partial charge in [0, 0.05) is 18.7 Å². The maximum absolute atomic E-state index is 14.3. The summed E-state index contributed by atoms with van der Waals surface area (Å²) in [5.41, 5.74) is 0.0275. The van der Waals surface area contributed by atoms with Crippen molar-refractivity contribution in [2.24, 2.45) is 11.8 Å². The van der Waals surface area contributed by atoms with Crippen LogP contribution in [0.4, 0.5) is 4.39 Å². The average Bonchev–Trinajstić information content (AvgIpc) is 3.18. The van der Waals surface area contributed by atoms with E-state index < -0.39 is 5.82 Å². The summed E-state index contributed by atoms with van der Waals surface area (Å²) >= 11 is 0. The first-order chi connectivity index (χ1) is 10.4. The molecule has 0 bridgehead atoms. The van der Waals surface area contributed by atoms with Crippen molar-refractivity contribution in [2.45, 2.75) is 33.2 Å². The largest absolute Gasteiger partial charge is 0.493 e. The Morgan fingerprint density at radius 3 is 2.32 bits per heavy atom. The van der Waals surface area contributed by atoms with Crippen LogP contribution in [0.1, 0.15) is 37.6 Å². The van der Waals surface area contributed by atoms with Gasteiger partial charge in [0.1, 0.15) is 5.82 Å². The highest BCUT2D eigenvalue weighted by Crippen LogP contribution is 2.39. The molecule has 5 heteroatoms. The van der Waals surface area contributed by atoms with E-state index in [1.54, 1.807) is 4.90 Å². The zero-order valence-electron chi connectivity index (χ0n) is 13.9. The second-order valence-corrected chi connectivity index (χ2v) is 6.21. The van der Waals surface area contributed by atoms with Gasteiger partial charge in [0.05, 0.1) is 19.8 Å². The highest BCUT2D eigenvalue weighted by atomic mass is 19.1. The molecule has 0 spiro atoms. The van der Waals surface area contributed by atoms with E-state index in [-0.39, 0.29) is 23.3 Å². The maximum atomic E-state index is 14.3. The first-order valence-electron chi connectivity index (χ1n) is 7.61. The van der Waals surface area contributed by atoms with Crippen molar-refractivity contribution in [1.29, 1.82) is 0 Å². The van der Waals surface area contributed by atoms with Crippen LogP contribution in [0, 0.1) is 17.7 Å². The Labute approximate surface area is 131 Å². The first-order valence-corrected chi connectivity index (χ1v) is 7.61. The monoisotopic (exact) mass is 309 g/mol. The number of rotatable bonds is 6. The number of carbonyl (C=O) groups excluding carboxylic acids is 1. The predicted octanol–water partition coefficient (Wildman–Crippen LogP) is 3.35. The lowest BCUT2D eigenvalue weighted by atomic mass is 10.1. The van der Waals surface area contributed by atoms with E-state index >= 15 is 0 Å². The van der Waals surface area contributed by atoms with Gasteiger partial charge in [-0.3, -0.25) is 4.79 Å². The third-order valence-corrected chi connectivity index (χ3v) is 4.30. The normalized spacial score (nSPS) is 20.0. The highest BCUT2D eigenvalue weighted by molar-refractivity contribution is 5.95. The molecule has 0 aromatic heterocycles. The molecule has 1 aromatic rings. The Morgan fingerprint density at radius 1 is 1.32 bits per heavy atom. The third kappa shape index (κ3) is 3.34. The molecule has 22 heavy (non-hydrogen) atoms. The molecule has 1 fully saturated rings. The average molecular weight is 309 g/mol. The Bertz CT molecular complexity index is 559. The summed E-state index contributed by atoms with van der Waals surface area (Å²) in [6, 6.07) is 2.64. The predicted molar refractivity (Wildman–Crippen MR) is 82.9 cm³/mol. The summed E-state index contributed by atoms with van der Waals surface area (Å²) in [6.45, 7) is 6.74. The molecule has 0 N–H and O–H groups in total. The summed E-state index contributed by atoms with van der Waals surface area (Å²) in [4.78, 5) is 14.5. The lowest BCUT2D eigenvalue weighted by Gasteiger charge is -2.27. The fraction of sp³-hybridized carbons (Fsp3) is 0.588. The SMILES string of the molecule is COc1cc(F)c(C(=O)N(C[C@H]2C[C@H]2C)C(C)C)cc1OC. The molecule has 4 nitrogen and oxygen atoms in total. The maximum Gasteiger partial charge on any atom is 0.257 e. The van der Waals surface area contributed by atoms with Gasteiger partial charge < -0.3 is 14.4 Å². The van der Waals surface area contributed by atoms with Crippen LogP contribution < -0.4 is 9.47 Å². The standard InChI is InChI=1S/C17H24FNO3/c1-10(2)19(9-12-6-11(12)3)17(20)13-7-15(21-4)16(22-5)8-14(13)18/h7-8,10-12H,6,9H2,1-5H3/t11-,12-/m1/s1. The fourth-order valence-electron chi connectivity index (χ4n) is 2.61. The number of methoxy groups -OCH3 is 2. The summed E-state index contributed by atoms with van der Waals surface area (Å²) in [5.74, 6) is 0.919. The molecular formula is C17H24FNO3. The number of ether oxygens (including phenoxy) is 2. The molecule has 0 heterocycles. The Kier molecular flexibility index (Phi) is 4.94. The van der Waals surface area contributed by atoms with Gasteiger partial charge in [-0.1, -0.05) is 6.92 Å². The van der Waals surface area contributed by atoms with Gasteiger partial charge in [-0.25, -0.2) is 4.39 Å². The van der Waals surface area contributed by atoms with Gasteiger partial charge in [-0.2, -0.15) is 0 Å². The van der Waals surface area contributed by atoms with E-state index in [9.17, 15) is 9.18 Å². The molecule has 2 atom stereocenters. The van der Waals surface area contributed by atoms with Crippen molar-refractivity contribution in [3.63, 3.8) is 0 Å². The minimum absolute atomic E-state index is 0.0211. The molecule has 1 aromatic carbocycles. The molecule has 0 radical (unpaired) electrons. The van der Waals surface area contributed by atoms with Gasteiger partial charge >= 0.3 is 0 Å². The minimum atomic E-state index is -0.586. The number of hydrogen-bond acceptors (Lipinski definition) is 3. The fourth-order valence-corrected chi connectivity index (χ4v) is 2.61. The lowest BCUT2D eigenvalue weighted by Crippen LogP contribution is -2.39. The summed E-state index contributed by atoms with van der Waals surface area (Å²) in [5, 5.41) is 0. The molecule has 1 saturated carbocycles. The summed E-state index contributed by atoms with van der Waals surface area (Å²) in [7, 11) is 2.91. The number of hydrogen-bond donors (Lipinski definition) is 0. The molecule has 1 amide bonds. The van der Waals surface area contributed by atoms with Gasteiger partial charge in [0.25, 0.3) is 5.91 Å². The number of amides is 1. The quantitative estimate of drug-likeness (QED) is 0.809. The van der Waals surface area contributed by atoms with Crippen molar-refractivity contribution < 1.29 is 18.7 Å². The van der Waals surface area contributed by atoms with Crippen LogP contribution in [-0.2, 0) is 0 Å². The lowest BCUT2D eigenvalue weighted by molar-refractivity contribution is 0.0688. The van der Waals surface area contributed by atoms with E-state index in [1.807, 2.05) is 13.8 Å². The summed E-state index contributed by atoms with van der Waals surface area (Å²) < 4.78 is 24.5. The van der Waals surface area contributed by atoms with E-state index in [0.717, 1.165) is 6.42 Å². The van der Waals surface area contributed by atoms with E-state index in [4.69, 9.17) is 9.47 Å². The second-order valence-electron chi connectivity index (χ2n) is 6.21. The molecule has 0 unspecified atom stereocenters. The number of benzene rings is 1. The molecule has 0 aliphatic heterocycles. The Hall–Kier alpha value is -1.78. The molecule has 1 aliphatic carbocycles. The van der Waals surface area contributed by atoms with Crippen molar-refractivity contribution in [3.8, 4) is 11.5 Å². The zero-order valence-corrected chi connectivity index (χ0v) is 13.9. The molecular weight excluding hydrogens is 285 g/mol. The third-order valence-electron chi connectivity index (χ3n) is 4.30. The number of nitrogens with zero attached hydrogens (tertiary/aromatic N) is 1. The Morgan fingerprint density at radius 2 is 1.86 bits per heavy atom. The zero-order chi connectivity index (χ0) is 16.4. The number of carbonyl (C=O) groups is 1. The smallest absolute Gasteiger partial charge is 0.257 e. The topological polar surface area (TPSA) is 38.8 Å². The van der Waals surface area contributed by atoms with Crippen molar-refractivity contribution >= 4 is 5.91 Å². The minimum Gasteiger partial charge on any atom is -0.493 e. The summed E-state index contributed by atoms with van der Waals surface area (Å²) in [6.07, 6.45) is 1.13. The van der Waals surface area contributed by atoms with Crippen LogP contribution in [0.15, 0.2) is 12.1 Å². The van der Waals surface area contributed by atoms with Crippen LogP contribution in [0.2, 0.25) is 0 Å². The molecule has 0 saturated heterocycles. The highest BCUT2D eigenvalue weighted by Gasteiger charge is 2.36. The van der Waals surface area contributed by atoms with Crippen LogP contribution in [0.25, 0.3) is 0 Å². The van der Waals surface area contributed by atoms with Crippen molar-refractivity contribution in [3.05, 3.63) is 23.5 Å². The van der Waals surface area contributed by atoms with E-state index in [2.05, 4.69) is 6.92 Å². The molecule has 1 aliphatic rings.